The fourth-order valence-corrected chi connectivity index (χ4v) is 3.47. The van der Waals surface area contributed by atoms with Crippen LogP contribution in [0.2, 0.25) is 0 Å². The van der Waals surface area contributed by atoms with Crippen LogP contribution in [0, 0.1) is 12.7 Å². The number of rotatable bonds is 5. The van der Waals surface area contributed by atoms with Crippen molar-refractivity contribution < 1.29 is 23.5 Å². The van der Waals surface area contributed by atoms with Crippen LogP contribution in [0.1, 0.15) is 22.2 Å². The Morgan fingerprint density at radius 3 is 2.67 bits per heavy atom. The Morgan fingerprint density at radius 1 is 1.15 bits per heavy atom. The summed E-state index contributed by atoms with van der Waals surface area (Å²) in [7, 11) is 1.51. The molecule has 1 unspecified atom stereocenters. The molecule has 0 aliphatic rings. The van der Waals surface area contributed by atoms with Gasteiger partial charge in [0.25, 0.3) is 5.91 Å². The van der Waals surface area contributed by atoms with Gasteiger partial charge < -0.3 is 14.8 Å². The molecule has 1 aromatic heterocycles. The number of thiophene rings is 1. The Hall–Kier alpha value is -2.93. The van der Waals surface area contributed by atoms with Crippen LogP contribution >= 0.6 is 11.3 Å². The Balaban J connectivity index is 1.70. The van der Waals surface area contributed by atoms with Crippen molar-refractivity contribution in [3.8, 4) is 5.75 Å². The summed E-state index contributed by atoms with van der Waals surface area (Å²) in [6.07, 6.45) is -1.01. The quantitative estimate of drug-likeness (QED) is 0.653. The lowest BCUT2D eigenvalue weighted by Crippen LogP contribution is -2.30. The Morgan fingerprint density at radius 2 is 1.93 bits per heavy atom. The van der Waals surface area contributed by atoms with Crippen molar-refractivity contribution in [3.63, 3.8) is 0 Å². The van der Waals surface area contributed by atoms with Crippen molar-refractivity contribution >= 4 is 39.0 Å². The summed E-state index contributed by atoms with van der Waals surface area (Å²) in [5.41, 5.74) is 1.45. The fourth-order valence-electron chi connectivity index (χ4n) is 2.54. The van der Waals surface area contributed by atoms with Gasteiger partial charge >= 0.3 is 5.97 Å². The summed E-state index contributed by atoms with van der Waals surface area (Å²) >= 11 is 1.19. The van der Waals surface area contributed by atoms with Gasteiger partial charge in [-0.25, -0.2) is 9.18 Å². The van der Waals surface area contributed by atoms with E-state index >= 15 is 0 Å². The molecule has 1 heterocycles. The predicted octanol–water partition coefficient (Wildman–Crippen LogP) is 4.54. The number of benzene rings is 2. The molecule has 140 valence electrons. The monoisotopic (exact) mass is 387 g/mol. The number of nitrogens with one attached hydrogen (secondary N) is 1. The van der Waals surface area contributed by atoms with E-state index in [0.717, 1.165) is 10.3 Å². The summed E-state index contributed by atoms with van der Waals surface area (Å²) in [5.74, 6) is -0.964. The lowest BCUT2D eigenvalue weighted by molar-refractivity contribution is -0.123. The summed E-state index contributed by atoms with van der Waals surface area (Å²) in [6, 6.07) is 11.2. The smallest absolute Gasteiger partial charge is 0.349 e. The van der Waals surface area contributed by atoms with Gasteiger partial charge in [-0.1, -0.05) is 6.07 Å². The molecule has 0 saturated carbocycles. The number of ether oxygens (including phenoxy) is 2. The molecule has 0 radical (unpaired) electrons. The lowest BCUT2D eigenvalue weighted by atomic mass is 10.2. The first-order chi connectivity index (χ1) is 12.9. The third-order valence-electron chi connectivity index (χ3n) is 3.95. The number of methoxy groups -OCH3 is 1. The zero-order chi connectivity index (χ0) is 19.6. The summed E-state index contributed by atoms with van der Waals surface area (Å²) in [5, 5.41) is 3.32. The van der Waals surface area contributed by atoms with Crippen molar-refractivity contribution in [1.82, 2.24) is 0 Å². The van der Waals surface area contributed by atoms with Gasteiger partial charge in [-0.05, 0) is 61.2 Å². The SMILES string of the molecule is COc1ccc(C)cc1NC(=O)C(C)OC(=O)c1cc2cc(F)ccc2s1. The van der Waals surface area contributed by atoms with Gasteiger partial charge in [0, 0.05) is 4.70 Å². The molecular formula is C20H18FNO4S. The van der Waals surface area contributed by atoms with Crippen LogP contribution < -0.4 is 10.1 Å². The van der Waals surface area contributed by atoms with Crippen molar-refractivity contribution in [1.29, 1.82) is 0 Å². The third-order valence-corrected chi connectivity index (χ3v) is 5.04. The Kier molecular flexibility index (Phi) is 5.41. The van der Waals surface area contributed by atoms with Crippen LogP contribution in [-0.2, 0) is 9.53 Å². The minimum absolute atomic E-state index is 0.309. The highest BCUT2D eigenvalue weighted by Gasteiger charge is 2.21. The van der Waals surface area contributed by atoms with Gasteiger partial charge in [0.15, 0.2) is 6.10 Å². The Bertz CT molecular complexity index is 1010. The fraction of sp³-hybridized carbons (Fsp3) is 0.200. The van der Waals surface area contributed by atoms with Gasteiger partial charge in [0.05, 0.1) is 12.8 Å². The first-order valence-corrected chi connectivity index (χ1v) is 9.04. The molecule has 0 aliphatic carbocycles. The zero-order valence-corrected chi connectivity index (χ0v) is 15.9. The number of hydrogen-bond acceptors (Lipinski definition) is 5. The van der Waals surface area contributed by atoms with E-state index in [2.05, 4.69) is 5.32 Å². The van der Waals surface area contributed by atoms with E-state index < -0.39 is 18.0 Å². The molecule has 1 N–H and O–H groups in total. The number of fused-ring (bicyclic) bond motifs is 1. The summed E-state index contributed by atoms with van der Waals surface area (Å²) in [6.45, 7) is 3.38. The second-order valence-corrected chi connectivity index (χ2v) is 7.12. The van der Waals surface area contributed by atoms with E-state index in [1.165, 1.54) is 37.5 Å². The third kappa shape index (κ3) is 4.25. The molecule has 0 fully saturated rings. The molecule has 0 bridgehead atoms. The minimum Gasteiger partial charge on any atom is -0.495 e. The Labute approximate surface area is 159 Å². The van der Waals surface area contributed by atoms with Gasteiger partial charge in [0.2, 0.25) is 0 Å². The first-order valence-electron chi connectivity index (χ1n) is 8.23. The van der Waals surface area contributed by atoms with E-state index in [1.807, 2.05) is 13.0 Å². The maximum atomic E-state index is 13.3. The summed E-state index contributed by atoms with van der Waals surface area (Å²) < 4.78 is 24.5. The van der Waals surface area contributed by atoms with Gasteiger partial charge in [0.1, 0.15) is 16.4 Å². The van der Waals surface area contributed by atoms with Crippen LogP contribution in [0.4, 0.5) is 10.1 Å². The topological polar surface area (TPSA) is 64.6 Å². The van der Waals surface area contributed by atoms with E-state index in [0.29, 0.717) is 21.7 Å². The highest BCUT2D eigenvalue weighted by atomic mass is 32.1. The molecule has 3 rings (SSSR count). The normalized spacial score (nSPS) is 11.9. The molecular weight excluding hydrogens is 369 g/mol. The molecule has 0 aliphatic heterocycles. The number of anilines is 1. The van der Waals surface area contributed by atoms with Gasteiger partial charge in [-0.3, -0.25) is 4.79 Å². The van der Waals surface area contributed by atoms with E-state index in [-0.39, 0.29) is 5.82 Å². The number of carbonyl (C=O) groups is 2. The molecule has 5 nitrogen and oxygen atoms in total. The molecule has 1 amide bonds. The molecule has 7 heteroatoms. The largest absolute Gasteiger partial charge is 0.495 e. The maximum Gasteiger partial charge on any atom is 0.349 e. The van der Waals surface area contributed by atoms with Crippen molar-refractivity contribution in [2.24, 2.45) is 0 Å². The van der Waals surface area contributed by atoms with Crippen LogP contribution in [0.25, 0.3) is 10.1 Å². The first kappa shape index (κ1) is 18.8. The zero-order valence-electron chi connectivity index (χ0n) is 15.0. The number of aryl methyl sites for hydroxylation is 1. The summed E-state index contributed by atoms with van der Waals surface area (Å²) in [4.78, 5) is 25.0. The second-order valence-electron chi connectivity index (χ2n) is 6.03. The molecule has 3 aromatic rings. The van der Waals surface area contributed by atoms with Gasteiger partial charge in [-0.2, -0.15) is 0 Å². The molecule has 2 aromatic carbocycles. The average Bonchev–Trinajstić information content (AvgIpc) is 3.05. The number of esters is 1. The standard InChI is InChI=1S/C20H18FNO4S/c1-11-4-6-16(25-3)15(8-11)22-19(23)12(2)26-20(24)18-10-13-9-14(21)5-7-17(13)27-18/h4-10,12H,1-3H3,(H,22,23). The number of carbonyl (C=O) groups excluding carboxylic acids is 2. The minimum atomic E-state index is -1.01. The highest BCUT2D eigenvalue weighted by molar-refractivity contribution is 7.20. The molecule has 1 atom stereocenters. The van der Waals surface area contributed by atoms with Crippen molar-refractivity contribution in [2.75, 3.05) is 12.4 Å². The predicted molar refractivity (Wildman–Crippen MR) is 103 cm³/mol. The van der Waals surface area contributed by atoms with E-state index in [1.54, 1.807) is 24.3 Å². The number of hydrogen-bond donors (Lipinski definition) is 1. The van der Waals surface area contributed by atoms with Crippen LogP contribution in [-0.4, -0.2) is 25.1 Å². The molecule has 0 saturated heterocycles. The van der Waals surface area contributed by atoms with Crippen LogP contribution in [0.5, 0.6) is 5.75 Å². The maximum absolute atomic E-state index is 13.3. The lowest BCUT2D eigenvalue weighted by Gasteiger charge is -2.15. The average molecular weight is 387 g/mol. The van der Waals surface area contributed by atoms with E-state index in [9.17, 15) is 14.0 Å². The molecule has 0 spiro atoms. The van der Waals surface area contributed by atoms with Crippen LogP contribution in [0.3, 0.4) is 0 Å². The van der Waals surface area contributed by atoms with Crippen molar-refractivity contribution in [2.45, 2.75) is 20.0 Å². The van der Waals surface area contributed by atoms with E-state index in [4.69, 9.17) is 9.47 Å². The second kappa shape index (κ2) is 7.75. The number of amides is 1. The van der Waals surface area contributed by atoms with Gasteiger partial charge in [-0.15, -0.1) is 11.3 Å². The molecule has 27 heavy (non-hydrogen) atoms. The highest BCUT2D eigenvalue weighted by Crippen LogP contribution is 2.28. The van der Waals surface area contributed by atoms with Crippen LogP contribution in [0.15, 0.2) is 42.5 Å². The number of halogens is 1. The van der Waals surface area contributed by atoms with Crippen molar-refractivity contribution in [3.05, 3.63) is 58.7 Å².